The quantitative estimate of drug-likeness (QED) is 0.168. The Morgan fingerprint density at radius 2 is 0.984 bits per heavy atom. The molecule has 11 aromatic rings. The third-order valence-electron chi connectivity index (χ3n) is 13.0. The first-order valence-electron chi connectivity index (χ1n) is 21.4. The summed E-state index contributed by atoms with van der Waals surface area (Å²) in [6.07, 6.45) is 0. The van der Waals surface area contributed by atoms with Crippen molar-refractivity contribution in [2.45, 2.75) is 19.3 Å². The van der Waals surface area contributed by atoms with Crippen molar-refractivity contribution >= 4 is 32.6 Å². The topological polar surface area (TPSA) is 30.7 Å². The number of aromatic nitrogens is 3. The minimum atomic E-state index is -0.143. The lowest BCUT2D eigenvalue weighted by atomic mass is 9.81. The molecule has 2 aromatic heterocycles. The second-order valence-electron chi connectivity index (χ2n) is 17.0. The molecular formula is C59H41N3. The maximum Gasteiger partial charge on any atom is 0.160 e. The monoisotopic (exact) mass is 791 g/mol. The first-order chi connectivity index (χ1) is 30.5. The molecule has 0 aliphatic heterocycles. The summed E-state index contributed by atoms with van der Waals surface area (Å²) in [6.45, 7) is 4.72. The molecule has 3 heteroatoms. The van der Waals surface area contributed by atoms with Crippen molar-refractivity contribution in [3.8, 4) is 73.0 Å². The highest BCUT2D eigenvalue weighted by molar-refractivity contribution is 6.10. The summed E-state index contributed by atoms with van der Waals surface area (Å²) in [5.41, 5.74) is 18.2. The average molecular weight is 792 g/mol. The Hall–Kier alpha value is -7.88. The molecule has 0 saturated carbocycles. The predicted molar refractivity (Wildman–Crippen MR) is 259 cm³/mol. The summed E-state index contributed by atoms with van der Waals surface area (Å²) >= 11 is 0. The van der Waals surface area contributed by atoms with Crippen LogP contribution in [0.5, 0.6) is 0 Å². The highest BCUT2D eigenvalue weighted by Gasteiger charge is 2.37. The number of benzene rings is 9. The van der Waals surface area contributed by atoms with Gasteiger partial charge in [0.05, 0.1) is 22.4 Å². The summed E-state index contributed by atoms with van der Waals surface area (Å²) in [4.78, 5) is 10.6. The Bertz CT molecular complexity index is 3540. The normalized spacial score (nSPS) is 12.8. The van der Waals surface area contributed by atoms with Crippen LogP contribution in [-0.2, 0) is 5.41 Å². The SMILES string of the molecule is CC1(C)c2cc3ccccc3cc2-c2c(-c3ccccc3-c3cc(-c4cccc(-c5ccc6c7ccccc7n(-c7ccccc7)c6c5)c4)nc(-c4ccccc4)n3)cccc21. The van der Waals surface area contributed by atoms with Crippen molar-refractivity contribution in [1.29, 1.82) is 0 Å². The second kappa shape index (κ2) is 14.1. The van der Waals surface area contributed by atoms with Crippen LogP contribution in [0.25, 0.3) is 106 Å². The molecule has 2 heterocycles. The Labute approximate surface area is 361 Å². The smallest absolute Gasteiger partial charge is 0.160 e. The van der Waals surface area contributed by atoms with Crippen LogP contribution in [0.4, 0.5) is 0 Å². The van der Waals surface area contributed by atoms with E-state index in [4.69, 9.17) is 9.97 Å². The summed E-state index contributed by atoms with van der Waals surface area (Å²) in [6, 6.07) is 76.6. The Kier molecular flexibility index (Phi) is 8.20. The fourth-order valence-corrected chi connectivity index (χ4v) is 9.95. The molecule has 0 radical (unpaired) electrons. The zero-order chi connectivity index (χ0) is 41.4. The van der Waals surface area contributed by atoms with Gasteiger partial charge in [0.25, 0.3) is 0 Å². The van der Waals surface area contributed by atoms with E-state index in [9.17, 15) is 0 Å². The average Bonchev–Trinajstić information content (AvgIpc) is 3.78. The summed E-state index contributed by atoms with van der Waals surface area (Å²) in [7, 11) is 0. The molecule has 0 saturated heterocycles. The van der Waals surface area contributed by atoms with Crippen molar-refractivity contribution in [3.05, 3.63) is 223 Å². The molecule has 0 amide bonds. The largest absolute Gasteiger partial charge is 0.309 e. The van der Waals surface area contributed by atoms with Gasteiger partial charge < -0.3 is 4.57 Å². The number of hydrogen-bond donors (Lipinski definition) is 0. The second-order valence-corrected chi connectivity index (χ2v) is 17.0. The van der Waals surface area contributed by atoms with Gasteiger partial charge in [0.2, 0.25) is 0 Å². The fraction of sp³-hybridized carbons (Fsp3) is 0.0508. The van der Waals surface area contributed by atoms with Crippen LogP contribution in [0.3, 0.4) is 0 Å². The predicted octanol–water partition coefficient (Wildman–Crippen LogP) is 15.4. The summed E-state index contributed by atoms with van der Waals surface area (Å²) < 4.78 is 2.38. The van der Waals surface area contributed by atoms with Crippen LogP contribution in [0.1, 0.15) is 25.0 Å². The molecular weight excluding hydrogens is 751 g/mol. The zero-order valence-corrected chi connectivity index (χ0v) is 34.5. The highest BCUT2D eigenvalue weighted by atomic mass is 15.0. The molecule has 1 aliphatic carbocycles. The lowest BCUT2D eigenvalue weighted by Gasteiger charge is -2.22. The number of rotatable bonds is 6. The van der Waals surface area contributed by atoms with Gasteiger partial charge in [-0.3, -0.25) is 0 Å². The highest BCUT2D eigenvalue weighted by Crippen LogP contribution is 2.54. The minimum Gasteiger partial charge on any atom is -0.309 e. The van der Waals surface area contributed by atoms with Crippen molar-refractivity contribution in [2.24, 2.45) is 0 Å². The van der Waals surface area contributed by atoms with Gasteiger partial charge in [0, 0.05) is 38.6 Å². The van der Waals surface area contributed by atoms with Gasteiger partial charge in [0.15, 0.2) is 5.82 Å². The van der Waals surface area contributed by atoms with Crippen LogP contribution in [0.15, 0.2) is 212 Å². The van der Waals surface area contributed by atoms with E-state index < -0.39 is 0 Å². The molecule has 1 aliphatic rings. The Morgan fingerprint density at radius 3 is 1.82 bits per heavy atom. The molecule has 3 nitrogen and oxygen atoms in total. The van der Waals surface area contributed by atoms with Crippen LogP contribution in [0, 0.1) is 0 Å². The third kappa shape index (κ3) is 5.73. The number of hydrogen-bond acceptors (Lipinski definition) is 2. The van der Waals surface area contributed by atoms with E-state index >= 15 is 0 Å². The van der Waals surface area contributed by atoms with Crippen LogP contribution in [-0.4, -0.2) is 14.5 Å². The molecule has 0 fully saturated rings. The maximum atomic E-state index is 5.35. The van der Waals surface area contributed by atoms with Crippen molar-refractivity contribution in [3.63, 3.8) is 0 Å². The standard InChI is InChI=1S/C59H41N3/c1-59(2)51-29-16-28-49(57(51)50-34-40-19-9-10-20-41(40)35-52(50)59)45-25-11-12-26-46(45)54-37-53(60-58(61-54)38-17-5-3-6-18-38)43-22-15-21-39(33-43)42-31-32-48-47-27-13-14-30-55(47)62(56(48)36-42)44-23-7-4-8-24-44/h3-37H,1-2H3. The number of para-hydroxylation sites is 2. The van der Waals surface area contributed by atoms with E-state index in [1.54, 1.807) is 0 Å². The van der Waals surface area contributed by atoms with Gasteiger partial charge in [-0.05, 0) is 104 Å². The number of fused-ring (bicyclic) bond motifs is 7. The van der Waals surface area contributed by atoms with E-state index in [0.29, 0.717) is 5.82 Å². The van der Waals surface area contributed by atoms with Gasteiger partial charge in [-0.15, -0.1) is 0 Å². The van der Waals surface area contributed by atoms with Crippen LogP contribution in [0.2, 0.25) is 0 Å². The molecule has 12 rings (SSSR count). The first-order valence-corrected chi connectivity index (χ1v) is 21.4. The summed E-state index contributed by atoms with van der Waals surface area (Å²) in [5, 5.41) is 5.01. The van der Waals surface area contributed by atoms with Crippen LogP contribution < -0.4 is 0 Å². The number of nitrogens with zero attached hydrogens (tertiary/aromatic N) is 3. The Balaban J connectivity index is 1.02. The molecule has 9 aromatic carbocycles. The van der Waals surface area contributed by atoms with E-state index in [2.05, 4.69) is 225 Å². The zero-order valence-electron chi connectivity index (χ0n) is 34.5. The van der Waals surface area contributed by atoms with E-state index in [0.717, 1.165) is 50.5 Å². The van der Waals surface area contributed by atoms with Gasteiger partial charge in [-0.25, -0.2) is 9.97 Å². The van der Waals surface area contributed by atoms with Gasteiger partial charge in [0.1, 0.15) is 0 Å². The van der Waals surface area contributed by atoms with Gasteiger partial charge in [-0.2, -0.15) is 0 Å². The summed E-state index contributed by atoms with van der Waals surface area (Å²) in [5.74, 6) is 0.698. The molecule has 0 N–H and O–H groups in total. The van der Waals surface area contributed by atoms with E-state index in [1.165, 1.54) is 60.4 Å². The molecule has 0 unspecified atom stereocenters. The molecule has 0 bridgehead atoms. The van der Waals surface area contributed by atoms with E-state index in [-0.39, 0.29) is 5.41 Å². The minimum absolute atomic E-state index is 0.143. The van der Waals surface area contributed by atoms with Crippen molar-refractivity contribution in [1.82, 2.24) is 14.5 Å². The van der Waals surface area contributed by atoms with Gasteiger partial charge in [-0.1, -0.05) is 178 Å². The van der Waals surface area contributed by atoms with E-state index in [1.807, 2.05) is 6.07 Å². The lowest BCUT2D eigenvalue weighted by molar-refractivity contribution is 0.661. The van der Waals surface area contributed by atoms with Crippen molar-refractivity contribution < 1.29 is 0 Å². The van der Waals surface area contributed by atoms with Crippen LogP contribution >= 0.6 is 0 Å². The van der Waals surface area contributed by atoms with Crippen molar-refractivity contribution in [2.75, 3.05) is 0 Å². The molecule has 292 valence electrons. The lowest BCUT2D eigenvalue weighted by Crippen LogP contribution is -2.14. The Morgan fingerprint density at radius 1 is 0.371 bits per heavy atom. The molecule has 0 atom stereocenters. The maximum absolute atomic E-state index is 5.35. The first kappa shape index (κ1) is 36.0. The molecule has 0 spiro atoms. The fourth-order valence-electron chi connectivity index (χ4n) is 9.95. The third-order valence-corrected chi connectivity index (χ3v) is 13.0. The molecule has 62 heavy (non-hydrogen) atoms. The van der Waals surface area contributed by atoms with Gasteiger partial charge >= 0.3 is 0 Å².